The Hall–Kier alpha value is -0.420. The lowest BCUT2D eigenvalue weighted by Crippen LogP contribution is -2.28. The minimum Gasteiger partial charge on any atom is -0.444 e. The summed E-state index contributed by atoms with van der Waals surface area (Å²) in [5.74, 6) is 0.417. The van der Waals surface area contributed by atoms with Crippen LogP contribution in [0.15, 0.2) is 21.2 Å². The molecule has 3 nitrogen and oxygen atoms in total. The number of furan rings is 1. The van der Waals surface area contributed by atoms with Gasteiger partial charge in [-0.2, -0.15) is 11.8 Å². The third-order valence-electron chi connectivity index (χ3n) is 2.55. The van der Waals surface area contributed by atoms with Crippen molar-refractivity contribution in [2.75, 3.05) is 19.3 Å². The lowest BCUT2D eigenvalue weighted by atomic mass is 10.4. The van der Waals surface area contributed by atoms with Crippen LogP contribution in [0.2, 0.25) is 0 Å². The van der Waals surface area contributed by atoms with Crippen LogP contribution in [0.3, 0.4) is 0 Å². The third kappa shape index (κ3) is 2.39. The van der Waals surface area contributed by atoms with Gasteiger partial charge in [-0.1, -0.05) is 0 Å². The molecule has 1 amide bonds. The van der Waals surface area contributed by atoms with Crippen LogP contribution in [0.1, 0.15) is 17.0 Å². The number of amides is 1. The van der Waals surface area contributed by atoms with E-state index in [-0.39, 0.29) is 5.91 Å². The van der Waals surface area contributed by atoms with Crippen LogP contribution in [-0.4, -0.2) is 35.4 Å². The molecule has 1 fully saturated rings. The van der Waals surface area contributed by atoms with Gasteiger partial charge in [0.1, 0.15) is 0 Å². The third-order valence-corrected chi connectivity index (χ3v) is 4.03. The number of likely N-dealkylation sites (tertiary alicyclic amines) is 1. The first kappa shape index (κ1) is 11.1. The fourth-order valence-corrected chi connectivity index (χ4v) is 2.67. The van der Waals surface area contributed by atoms with Crippen molar-refractivity contribution in [2.24, 2.45) is 0 Å². The Morgan fingerprint density at radius 3 is 3.00 bits per heavy atom. The van der Waals surface area contributed by atoms with Crippen LogP contribution >= 0.6 is 27.7 Å². The van der Waals surface area contributed by atoms with E-state index >= 15 is 0 Å². The minimum absolute atomic E-state index is 0.00255. The van der Waals surface area contributed by atoms with Crippen molar-refractivity contribution in [3.05, 3.63) is 22.6 Å². The molecule has 0 radical (unpaired) electrons. The molecule has 1 aromatic rings. The molecule has 0 bridgehead atoms. The molecular formula is C10H12BrNO2S. The van der Waals surface area contributed by atoms with Gasteiger partial charge >= 0.3 is 0 Å². The average Bonchev–Trinajstić information content (AvgIpc) is 2.84. The zero-order valence-corrected chi connectivity index (χ0v) is 10.8. The molecule has 15 heavy (non-hydrogen) atoms. The molecule has 1 aromatic heterocycles. The van der Waals surface area contributed by atoms with E-state index in [0.717, 1.165) is 19.5 Å². The van der Waals surface area contributed by atoms with Gasteiger partial charge in [-0.3, -0.25) is 4.79 Å². The van der Waals surface area contributed by atoms with Gasteiger partial charge in [0.05, 0.1) is 0 Å². The van der Waals surface area contributed by atoms with Gasteiger partial charge in [0.2, 0.25) is 0 Å². The Balaban J connectivity index is 2.03. The number of rotatable bonds is 2. The summed E-state index contributed by atoms with van der Waals surface area (Å²) in [4.78, 5) is 13.8. The van der Waals surface area contributed by atoms with Crippen LogP contribution in [-0.2, 0) is 0 Å². The number of carbonyl (C=O) groups is 1. The van der Waals surface area contributed by atoms with Crippen molar-refractivity contribution in [1.29, 1.82) is 0 Å². The van der Waals surface area contributed by atoms with Crippen molar-refractivity contribution in [3.8, 4) is 0 Å². The number of halogens is 1. The Kier molecular flexibility index (Phi) is 3.41. The summed E-state index contributed by atoms with van der Waals surface area (Å²) in [6.45, 7) is 1.67. The number of hydrogen-bond acceptors (Lipinski definition) is 3. The summed E-state index contributed by atoms with van der Waals surface area (Å²) in [6.07, 6.45) is 3.16. The molecule has 82 valence electrons. The van der Waals surface area contributed by atoms with E-state index in [2.05, 4.69) is 22.2 Å². The minimum atomic E-state index is -0.00255. The molecule has 1 aliphatic rings. The standard InChI is InChI=1S/C10H12BrNO2S/c1-15-7-4-5-12(6-7)10(13)8-2-3-9(11)14-8/h2-3,7H,4-6H2,1H3/t7-/m0/s1. The van der Waals surface area contributed by atoms with Crippen molar-refractivity contribution < 1.29 is 9.21 Å². The molecule has 0 aliphatic carbocycles. The zero-order chi connectivity index (χ0) is 10.8. The quantitative estimate of drug-likeness (QED) is 0.839. The largest absolute Gasteiger partial charge is 0.444 e. The number of thioether (sulfide) groups is 1. The van der Waals surface area contributed by atoms with E-state index < -0.39 is 0 Å². The van der Waals surface area contributed by atoms with Crippen LogP contribution in [0.5, 0.6) is 0 Å². The summed E-state index contributed by atoms with van der Waals surface area (Å²) >= 11 is 5.01. The van der Waals surface area contributed by atoms with E-state index in [4.69, 9.17) is 4.42 Å². The number of nitrogens with zero attached hydrogens (tertiary/aromatic N) is 1. The van der Waals surface area contributed by atoms with E-state index in [0.29, 0.717) is 15.7 Å². The summed E-state index contributed by atoms with van der Waals surface area (Å²) < 4.78 is 5.85. The van der Waals surface area contributed by atoms with E-state index in [9.17, 15) is 4.79 Å². The molecule has 1 aliphatic heterocycles. The highest BCUT2D eigenvalue weighted by molar-refractivity contribution is 9.10. The predicted octanol–water partition coefficient (Wildman–Crippen LogP) is 2.62. The van der Waals surface area contributed by atoms with Gasteiger partial charge in [0.25, 0.3) is 5.91 Å². The fourth-order valence-electron chi connectivity index (χ4n) is 1.69. The first-order valence-electron chi connectivity index (χ1n) is 4.78. The van der Waals surface area contributed by atoms with Gasteiger partial charge in [-0.15, -0.1) is 0 Å². The summed E-state index contributed by atoms with van der Waals surface area (Å²) in [6, 6.07) is 3.45. The SMILES string of the molecule is CS[C@H]1CCN(C(=O)c2ccc(Br)o2)C1. The number of carbonyl (C=O) groups excluding carboxylic acids is 1. The van der Waals surface area contributed by atoms with Gasteiger partial charge in [0.15, 0.2) is 10.4 Å². The Morgan fingerprint density at radius 1 is 1.67 bits per heavy atom. The Labute approximate surface area is 101 Å². The Morgan fingerprint density at radius 2 is 2.47 bits per heavy atom. The molecule has 5 heteroatoms. The molecule has 1 atom stereocenters. The van der Waals surface area contributed by atoms with Crippen LogP contribution in [0.4, 0.5) is 0 Å². The second-order valence-corrected chi connectivity index (χ2v) is 5.42. The average molecular weight is 290 g/mol. The lowest BCUT2D eigenvalue weighted by Gasteiger charge is -2.13. The van der Waals surface area contributed by atoms with Gasteiger partial charge in [-0.05, 0) is 40.7 Å². The van der Waals surface area contributed by atoms with Crippen LogP contribution < -0.4 is 0 Å². The van der Waals surface area contributed by atoms with Crippen LogP contribution in [0.25, 0.3) is 0 Å². The summed E-state index contributed by atoms with van der Waals surface area (Å²) in [5, 5.41) is 0.576. The Bertz CT molecular complexity index is 366. The second-order valence-electron chi connectivity index (χ2n) is 3.50. The first-order valence-corrected chi connectivity index (χ1v) is 6.86. The van der Waals surface area contributed by atoms with E-state index in [1.54, 1.807) is 12.1 Å². The highest BCUT2D eigenvalue weighted by Gasteiger charge is 2.27. The summed E-state index contributed by atoms with van der Waals surface area (Å²) in [5.41, 5.74) is 0. The molecule has 0 aromatic carbocycles. The molecule has 0 N–H and O–H groups in total. The van der Waals surface area contributed by atoms with Crippen molar-refractivity contribution >= 4 is 33.6 Å². The summed E-state index contributed by atoms with van der Waals surface area (Å²) in [7, 11) is 0. The molecular weight excluding hydrogens is 278 g/mol. The number of hydrogen-bond donors (Lipinski definition) is 0. The van der Waals surface area contributed by atoms with Crippen molar-refractivity contribution in [1.82, 2.24) is 4.90 Å². The maximum atomic E-state index is 11.9. The molecule has 0 spiro atoms. The first-order chi connectivity index (χ1) is 7.20. The van der Waals surface area contributed by atoms with Crippen LogP contribution in [0, 0.1) is 0 Å². The molecule has 0 unspecified atom stereocenters. The smallest absolute Gasteiger partial charge is 0.289 e. The van der Waals surface area contributed by atoms with Crippen molar-refractivity contribution in [3.63, 3.8) is 0 Å². The van der Waals surface area contributed by atoms with Crippen molar-refractivity contribution in [2.45, 2.75) is 11.7 Å². The highest BCUT2D eigenvalue weighted by Crippen LogP contribution is 2.23. The molecule has 1 saturated heterocycles. The molecule has 0 saturated carbocycles. The van der Waals surface area contributed by atoms with Gasteiger partial charge in [0, 0.05) is 18.3 Å². The highest BCUT2D eigenvalue weighted by atomic mass is 79.9. The van der Waals surface area contributed by atoms with E-state index in [1.165, 1.54) is 0 Å². The predicted molar refractivity (Wildman–Crippen MR) is 64.2 cm³/mol. The second kappa shape index (κ2) is 4.61. The van der Waals surface area contributed by atoms with Gasteiger partial charge < -0.3 is 9.32 Å². The maximum Gasteiger partial charge on any atom is 0.289 e. The molecule has 2 rings (SSSR count). The van der Waals surface area contributed by atoms with E-state index in [1.807, 2.05) is 16.7 Å². The normalized spacial score (nSPS) is 20.9. The fraction of sp³-hybridized carbons (Fsp3) is 0.500. The molecule has 2 heterocycles. The topological polar surface area (TPSA) is 33.5 Å². The maximum absolute atomic E-state index is 11.9. The lowest BCUT2D eigenvalue weighted by molar-refractivity contribution is 0.0760. The van der Waals surface area contributed by atoms with Gasteiger partial charge in [-0.25, -0.2) is 0 Å². The zero-order valence-electron chi connectivity index (χ0n) is 8.40. The monoisotopic (exact) mass is 289 g/mol.